The van der Waals surface area contributed by atoms with Crippen LogP contribution in [0.25, 0.3) is 10.9 Å². The van der Waals surface area contributed by atoms with Crippen LogP contribution in [0.2, 0.25) is 0 Å². The quantitative estimate of drug-likeness (QED) is 0.655. The lowest BCUT2D eigenvalue weighted by molar-refractivity contribution is -0.292. The molecule has 1 saturated carbocycles. The van der Waals surface area contributed by atoms with Crippen molar-refractivity contribution < 1.29 is 30.7 Å². The highest BCUT2D eigenvalue weighted by atomic mass is 19.4. The van der Waals surface area contributed by atoms with E-state index in [-0.39, 0.29) is 47.7 Å². The third kappa shape index (κ3) is 4.11. The van der Waals surface area contributed by atoms with Crippen LogP contribution in [0.5, 0.6) is 0 Å². The molecule has 3 N–H and O–H groups in total. The molecule has 0 radical (unpaired) electrons. The summed E-state index contributed by atoms with van der Waals surface area (Å²) < 4.78 is 95.0. The van der Waals surface area contributed by atoms with Crippen LogP contribution in [0, 0.1) is 24.6 Å². The van der Waals surface area contributed by atoms with Gasteiger partial charge in [0, 0.05) is 30.7 Å². The highest BCUT2D eigenvalue weighted by Gasteiger charge is 2.61. The predicted octanol–water partition coefficient (Wildman–Crippen LogP) is 3.37. The second-order valence-corrected chi connectivity index (χ2v) is 8.72. The molecular formula is C20H21F7N4O2. The molecule has 2 fully saturated rings. The van der Waals surface area contributed by atoms with Gasteiger partial charge in [-0.2, -0.15) is 26.3 Å². The number of fused-ring (bicyclic) bond motifs is 1. The van der Waals surface area contributed by atoms with Gasteiger partial charge in [0.15, 0.2) is 5.92 Å². The van der Waals surface area contributed by atoms with Gasteiger partial charge in [0.2, 0.25) is 0 Å². The first-order valence-corrected chi connectivity index (χ1v) is 10.3. The van der Waals surface area contributed by atoms with E-state index in [2.05, 4.69) is 4.98 Å². The Balaban J connectivity index is 1.73. The zero-order valence-corrected chi connectivity index (χ0v) is 17.4. The number of H-pyrrole nitrogens is 1. The first-order chi connectivity index (χ1) is 15.2. The third-order valence-corrected chi connectivity index (χ3v) is 6.48. The van der Waals surface area contributed by atoms with Gasteiger partial charge in [-0.1, -0.05) is 0 Å². The van der Waals surface area contributed by atoms with Crippen molar-refractivity contribution in [2.24, 2.45) is 17.6 Å². The van der Waals surface area contributed by atoms with E-state index in [1.165, 1.54) is 16.4 Å². The van der Waals surface area contributed by atoms with E-state index in [9.17, 15) is 35.9 Å². The van der Waals surface area contributed by atoms with Gasteiger partial charge in [-0.05, 0) is 38.2 Å². The number of aromatic nitrogens is 2. The SMILES string of the molecule is Cc1c(N2CCC(C(N)C(C(F)(F)F)C(F)(F)F)C2)c(F)cc2c(=O)[nH]c(=O)n(C3CC3)c12. The van der Waals surface area contributed by atoms with E-state index in [0.717, 1.165) is 6.07 Å². The standard InChI is InChI=1S/C20H21F7N4O2/c1-8-14-11(17(32)29-18(33)31(14)10-2-3-10)6-12(21)15(8)30-5-4-9(7-30)13(28)16(19(22,23)24)20(25,26)27/h6,9-10,13,16H,2-5,7,28H2,1H3,(H,29,32,33). The summed E-state index contributed by atoms with van der Waals surface area (Å²) in [6.07, 6.45) is -9.88. The van der Waals surface area contributed by atoms with E-state index in [4.69, 9.17) is 5.73 Å². The fraction of sp³-hybridized carbons (Fsp3) is 0.600. The van der Waals surface area contributed by atoms with Crippen molar-refractivity contribution in [3.05, 3.63) is 38.3 Å². The Bertz CT molecular complexity index is 1180. The Kier molecular flexibility index (Phi) is 5.53. The van der Waals surface area contributed by atoms with Crippen molar-refractivity contribution >= 4 is 16.6 Å². The average Bonchev–Trinajstić information content (AvgIpc) is 3.36. The van der Waals surface area contributed by atoms with Crippen molar-refractivity contribution in [3.63, 3.8) is 0 Å². The van der Waals surface area contributed by atoms with Gasteiger partial charge < -0.3 is 10.6 Å². The molecule has 1 aliphatic carbocycles. The Morgan fingerprint density at radius 2 is 1.70 bits per heavy atom. The summed E-state index contributed by atoms with van der Waals surface area (Å²) in [7, 11) is 0. The molecule has 0 bridgehead atoms. The Morgan fingerprint density at radius 1 is 1.09 bits per heavy atom. The third-order valence-electron chi connectivity index (χ3n) is 6.48. The second kappa shape index (κ2) is 7.74. The van der Waals surface area contributed by atoms with E-state index < -0.39 is 47.3 Å². The van der Waals surface area contributed by atoms with Gasteiger partial charge in [-0.3, -0.25) is 14.3 Å². The lowest BCUT2D eigenvalue weighted by Crippen LogP contribution is -2.52. The van der Waals surface area contributed by atoms with Crippen LogP contribution in [0.1, 0.15) is 30.9 Å². The molecule has 2 atom stereocenters. The number of anilines is 1. The van der Waals surface area contributed by atoms with Gasteiger partial charge in [0.25, 0.3) is 5.56 Å². The Morgan fingerprint density at radius 3 is 2.24 bits per heavy atom. The minimum atomic E-state index is -5.57. The number of nitrogens with one attached hydrogen (secondary N) is 1. The minimum absolute atomic E-state index is 0.0269. The van der Waals surface area contributed by atoms with Crippen LogP contribution in [0.4, 0.5) is 36.4 Å². The van der Waals surface area contributed by atoms with E-state index in [1.807, 2.05) is 0 Å². The number of rotatable bonds is 4. The minimum Gasteiger partial charge on any atom is -0.369 e. The highest BCUT2D eigenvalue weighted by molar-refractivity contribution is 5.87. The number of aryl methyl sites for hydroxylation is 1. The molecule has 33 heavy (non-hydrogen) atoms. The number of alkyl halides is 6. The summed E-state index contributed by atoms with van der Waals surface area (Å²) in [4.78, 5) is 28.1. The number of aromatic amines is 1. The predicted molar refractivity (Wildman–Crippen MR) is 106 cm³/mol. The molecule has 4 rings (SSSR count). The summed E-state index contributed by atoms with van der Waals surface area (Å²) in [5.41, 5.74) is 4.39. The zero-order chi connectivity index (χ0) is 24.5. The summed E-state index contributed by atoms with van der Waals surface area (Å²) >= 11 is 0. The first-order valence-electron chi connectivity index (χ1n) is 10.3. The molecule has 2 unspecified atom stereocenters. The summed E-state index contributed by atoms with van der Waals surface area (Å²) in [6, 6.07) is -1.49. The summed E-state index contributed by atoms with van der Waals surface area (Å²) in [6.45, 7) is 1.12. The maximum absolute atomic E-state index is 15.1. The Hall–Kier alpha value is -2.57. The highest BCUT2D eigenvalue weighted by Crippen LogP contribution is 2.45. The van der Waals surface area contributed by atoms with Gasteiger partial charge in [-0.25, -0.2) is 9.18 Å². The van der Waals surface area contributed by atoms with Crippen LogP contribution < -0.4 is 21.9 Å². The number of nitrogens with zero attached hydrogens (tertiary/aromatic N) is 2. The molecule has 2 aromatic rings. The zero-order valence-electron chi connectivity index (χ0n) is 17.4. The van der Waals surface area contributed by atoms with Crippen LogP contribution in [-0.2, 0) is 0 Å². The fourth-order valence-electron chi connectivity index (χ4n) is 4.83. The second-order valence-electron chi connectivity index (χ2n) is 8.72. The van der Waals surface area contributed by atoms with Crippen molar-refractivity contribution in [3.8, 4) is 0 Å². The molecule has 1 aromatic heterocycles. The van der Waals surface area contributed by atoms with E-state index >= 15 is 4.39 Å². The molecule has 2 aliphatic rings. The monoisotopic (exact) mass is 482 g/mol. The number of benzene rings is 1. The van der Waals surface area contributed by atoms with Crippen molar-refractivity contribution in [2.45, 2.75) is 50.6 Å². The molecule has 13 heteroatoms. The van der Waals surface area contributed by atoms with Crippen LogP contribution in [-0.4, -0.2) is 41.0 Å². The number of hydrogen-bond donors (Lipinski definition) is 2. The molecular weight excluding hydrogens is 461 g/mol. The molecule has 2 heterocycles. The van der Waals surface area contributed by atoms with Crippen LogP contribution in [0.3, 0.4) is 0 Å². The Labute approximate surface area is 182 Å². The van der Waals surface area contributed by atoms with Gasteiger partial charge in [-0.15, -0.1) is 0 Å². The average molecular weight is 482 g/mol. The van der Waals surface area contributed by atoms with E-state index in [1.54, 1.807) is 0 Å². The normalized spacial score (nSPS) is 20.8. The fourth-order valence-corrected chi connectivity index (χ4v) is 4.83. The van der Waals surface area contributed by atoms with E-state index in [0.29, 0.717) is 12.8 Å². The van der Waals surface area contributed by atoms with Gasteiger partial charge in [0.05, 0.1) is 16.6 Å². The molecule has 1 aliphatic heterocycles. The van der Waals surface area contributed by atoms with Gasteiger partial charge >= 0.3 is 18.0 Å². The van der Waals surface area contributed by atoms with Crippen molar-refractivity contribution in [2.75, 3.05) is 18.0 Å². The van der Waals surface area contributed by atoms with Gasteiger partial charge in [0.1, 0.15) is 5.82 Å². The maximum atomic E-state index is 15.1. The lowest BCUT2D eigenvalue weighted by atomic mass is 9.87. The van der Waals surface area contributed by atoms with Crippen LogP contribution >= 0.6 is 0 Å². The number of nitrogens with two attached hydrogens (primary N) is 1. The van der Waals surface area contributed by atoms with Crippen molar-refractivity contribution in [1.82, 2.24) is 9.55 Å². The van der Waals surface area contributed by atoms with Crippen molar-refractivity contribution in [1.29, 1.82) is 0 Å². The molecule has 182 valence electrons. The molecule has 6 nitrogen and oxygen atoms in total. The largest absolute Gasteiger partial charge is 0.402 e. The first kappa shape index (κ1) is 23.6. The maximum Gasteiger partial charge on any atom is 0.402 e. The number of hydrogen-bond acceptors (Lipinski definition) is 4. The van der Waals surface area contributed by atoms with Crippen LogP contribution in [0.15, 0.2) is 15.7 Å². The topological polar surface area (TPSA) is 84.1 Å². The molecule has 1 aromatic carbocycles. The lowest BCUT2D eigenvalue weighted by Gasteiger charge is -2.32. The summed E-state index contributed by atoms with van der Waals surface area (Å²) in [5, 5.41) is -0.0538. The molecule has 0 amide bonds. The molecule has 1 saturated heterocycles. The summed E-state index contributed by atoms with van der Waals surface area (Å²) in [5.74, 6) is -5.75. The molecule has 0 spiro atoms. The smallest absolute Gasteiger partial charge is 0.369 e. The number of halogens is 7.